The molecule has 1 aliphatic rings. The number of nitrogens with zero attached hydrogens (tertiary/aromatic N) is 1. The van der Waals surface area contributed by atoms with E-state index in [9.17, 15) is 9.59 Å². The van der Waals surface area contributed by atoms with Crippen LogP contribution >= 0.6 is 0 Å². The van der Waals surface area contributed by atoms with E-state index in [1.54, 1.807) is 18.2 Å². The summed E-state index contributed by atoms with van der Waals surface area (Å²) >= 11 is 0. The summed E-state index contributed by atoms with van der Waals surface area (Å²) in [6, 6.07) is 15.1. The Morgan fingerprint density at radius 3 is 2.63 bits per heavy atom. The summed E-state index contributed by atoms with van der Waals surface area (Å²) in [4.78, 5) is 29.4. The summed E-state index contributed by atoms with van der Waals surface area (Å²) in [5, 5.41) is 0. The van der Waals surface area contributed by atoms with E-state index >= 15 is 0 Å². The Bertz CT molecular complexity index is 971. The van der Waals surface area contributed by atoms with E-state index in [1.165, 1.54) is 0 Å². The number of oxazole rings is 1. The van der Waals surface area contributed by atoms with E-state index in [1.807, 2.05) is 35.2 Å². The second kappa shape index (κ2) is 7.80. The number of hydrogen-bond acceptors (Lipinski definition) is 4. The molecule has 0 atom stereocenters. The molecule has 0 spiro atoms. The molecular weight excluding hydrogens is 344 g/mol. The van der Waals surface area contributed by atoms with Crippen molar-refractivity contribution >= 4 is 17.0 Å². The van der Waals surface area contributed by atoms with Gasteiger partial charge in [-0.15, -0.1) is 0 Å². The molecule has 1 aliphatic heterocycles. The molecule has 0 unspecified atom stereocenters. The van der Waals surface area contributed by atoms with Crippen LogP contribution in [0.3, 0.4) is 0 Å². The summed E-state index contributed by atoms with van der Waals surface area (Å²) < 4.78 is 10.7. The SMILES string of the molecule is O=C(c1cccc2[nH]c(=O)oc12)N(Cc1ccccc1)CC1CCOCC1. The van der Waals surface area contributed by atoms with Gasteiger partial charge in [-0.05, 0) is 36.5 Å². The molecule has 1 amide bonds. The summed E-state index contributed by atoms with van der Waals surface area (Å²) in [6.07, 6.45) is 1.89. The average molecular weight is 366 g/mol. The van der Waals surface area contributed by atoms with Crippen LogP contribution in [-0.4, -0.2) is 35.5 Å². The highest BCUT2D eigenvalue weighted by Crippen LogP contribution is 2.22. The predicted octanol–water partition coefficient (Wildman–Crippen LogP) is 3.19. The number of aromatic nitrogens is 1. The first-order valence-electron chi connectivity index (χ1n) is 9.23. The molecule has 4 rings (SSSR count). The molecule has 2 heterocycles. The lowest BCUT2D eigenvalue weighted by Gasteiger charge is -2.30. The minimum absolute atomic E-state index is 0.126. The van der Waals surface area contributed by atoms with Crippen LogP contribution in [0.5, 0.6) is 0 Å². The van der Waals surface area contributed by atoms with Crippen LogP contribution in [0.4, 0.5) is 0 Å². The van der Waals surface area contributed by atoms with Crippen LogP contribution in [0.25, 0.3) is 11.1 Å². The number of hydrogen-bond donors (Lipinski definition) is 1. The van der Waals surface area contributed by atoms with Gasteiger partial charge in [0.15, 0.2) is 5.58 Å². The maximum Gasteiger partial charge on any atom is 0.417 e. The molecule has 27 heavy (non-hydrogen) atoms. The van der Waals surface area contributed by atoms with Gasteiger partial charge >= 0.3 is 5.76 Å². The number of para-hydroxylation sites is 1. The minimum Gasteiger partial charge on any atom is -0.407 e. The minimum atomic E-state index is -0.552. The first-order chi connectivity index (χ1) is 13.2. The van der Waals surface area contributed by atoms with E-state index in [0.29, 0.717) is 35.7 Å². The van der Waals surface area contributed by atoms with Gasteiger partial charge in [0.1, 0.15) is 0 Å². The van der Waals surface area contributed by atoms with E-state index in [-0.39, 0.29) is 5.91 Å². The van der Waals surface area contributed by atoms with Crippen LogP contribution in [0.15, 0.2) is 57.7 Å². The third-order valence-electron chi connectivity index (χ3n) is 5.00. The monoisotopic (exact) mass is 366 g/mol. The van der Waals surface area contributed by atoms with E-state index < -0.39 is 5.76 Å². The van der Waals surface area contributed by atoms with Gasteiger partial charge in [0.05, 0.1) is 11.1 Å². The van der Waals surface area contributed by atoms with Gasteiger partial charge in [0, 0.05) is 26.3 Å². The van der Waals surface area contributed by atoms with Crippen molar-refractivity contribution < 1.29 is 13.9 Å². The van der Waals surface area contributed by atoms with Crippen molar-refractivity contribution in [1.82, 2.24) is 9.88 Å². The third kappa shape index (κ3) is 3.95. The van der Waals surface area contributed by atoms with Crippen molar-refractivity contribution in [2.75, 3.05) is 19.8 Å². The number of amides is 1. The molecule has 1 fully saturated rings. The zero-order valence-electron chi connectivity index (χ0n) is 15.0. The molecule has 0 radical (unpaired) electrons. The topological polar surface area (TPSA) is 75.5 Å². The fourth-order valence-electron chi connectivity index (χ4n) is 3.58. The number of H-pyrrole nitrogens is 1. The third-order valence-corrected chi connectivity index (χ3v) is 5.00. The van der Waals surface area contributed by atoms with E-state index in [0.717, 1.165) is 31.6 Å². The molecule has 6 heteroatoms. The number of benzene rings is 2. The van der Waals surface area contributed by atoms with Gasteiger partial charge in [-0.25, -0.2) is 4.79 Å². The van der Waals surface area contributed by atoms with Crippen molar-refractivity contribution in [2.24, 2.45) is 5.92 Å². The molecule has 0 bridgehead atoms. The standard InChI is InChI=1S/C21H22N2O4/c24-20(17-7-4-8-18-19(17)27-21(25)22-18)23(13-15-5-2-1-3-6-15)14-16-9-11-26-12-10-16/h1-8,16H,9-14H2,(H,22,25). The van der Waals surface area contributed by atoms with Gasteiger partial charge in [-0.1, -0.05) is 36.4 Å². The second-order valence-electron chi connectivity index (χ2n) is 6.92. The first kappa shape index (κ1) is 17.5. The number of fused-ring (bicyclic) bond motifs is 1. The van der Waals surface area contributed by atoms with Crippen LogP contribution in [0, 0.1) is 5.92 Å². The number of aromatic amines is 1. The number of ether oxygens (including phenoxy) is 1. The van der Waals surface area contributed by atoms with Crippen LogP contribution < -0.4 is 5.76 Å². The Morgan fingerprint density at radius 1 is 1.07 bits per heavy atom. The largest absolute Gasteiger partial charge is 0.417 e. The smallest absolute Gasteiger partial charge is 0.407 e. The molecule has 1 aromatic heterocycles. The van der Waals surface area contributed by atoms with E-state index in [4.69, 9.17) is 9.15 Å². The number of rotatable bonds is 5. The molecule has 0 saturated carbocycles. The Hall–Kier alpha value is -2.86. The second-order valence-corrected chi connectivity index (χ2v) is 6.92. The number of carbonyl (C=O) groups is 1. The maximum atomic E-state index is 13.4. The fourth-order valence-corrected chi connectivity index (χ4v) is 3.58. The molecule has 3 aromatic rings. The highest BCUT2D eigenvalue weighted by molar-refractivity contribution is 6.04. The zero-order chi connectivity index (χ0) is 18.6. The summed E-state index contributed by atoms with van der Waals surface area (Å²) in [5.41, 5.74) is 2.34. The molecule has 1 saturated heterocycles. The lowest BCUT2D eigenvalue weighted by Crippen LogP contribution is -2.36. The van der Waals surface area contributed by atoms with Crippen molar-refractivity contribution in [3.8, 4) is 0 Å². The lowest BCUT2D eigenvalue weighted by molar-refractivity contribution is 0.0446. The maximum absolute atomic E-state index is 13.4. The molecule has 6 nitrogen and oxygen atoms in total. The van der Waals surface area contributed by atoms with Gasteiger partial charge in [-0.2, -0.15) is 0 Å². The van der Waals surface area contributed by atoms with Gasteiger partial charge < -0.3 is 14.1 Å². The van der Waals surface area contributed by atoms with Gasteiger partial charge in [-0.3, -0.25) is 9.78 Å². The van der Waals surface area contributed by atoms with Crippen molar-refractivity contribution in [3.05, 3.63) is 70.2 Å². The highest BCUT2D eigenvalue weighted by atomic mass is 16.5. The molecule has 1 N–H and O–H groups in total. The van der Waals surface area contributed by atoms with E-state index in [2.05, 4.69) is 4.98 Å². The lowest BCUT2D eigenvalue weighted by atomic mass is 9.98. The summed E-state index contributed by atoms with van der Waals surface area (Å²) in [6.45, 7) is 2.64. The van der Waals surface area contributed by atoms with Crippen molar-refractivity contribution in [2.45, 2.75) is 19.4 Å². The fraction of sp³-hybridized carbons (Fsp3) is 0.333. The zero-order valence-corrected chi connectivity index (χ0v) is 15.0. The Morgan fingerprint density at radius 2 is 1.85 bits per heavy atom. The number of nitrogens with one attached hydrogen (secondary N) is 1. The van der Waals surface area contributed by atoms with Crippen LogP contribution in [0.1, 0.15) is 28.8 Å². The van der Waals surface area contributed by atoms with Crippen LogP contribution in [0.2, 0.25) is 0 Å². The highest BCUT2D eigenvalue weighted by Gasteiger charge is 2.25. The van der Waals surface area contributed by atoms with Crippen LogP contribution in [-0.2, 0) is 11.3 Å². The van der Waals surface area contributed by atoms with Crippen molar-refractivity contribution in [1.29, 1.82) is 0 Å². The molecule has 140 valence electrons. The molecule has 0 aliphatic carbocycles. The predicted molar refractivity (Wildman–Crippen MR) is 102 cm³/mol. The Kier molecular flexibility index (Phi) is 5.07. The van der Waals surface area contributed by atoms with Gasteiger partial charge in [0.2, 0.25) is 0 Å². The quantitative estimate of drug-likeness (QED) is 0.752. The van der Waals surface area contributed by atoms with Gasteiger partial charge in [0.25, 0.3) is 5.91 Å². The Labute approximate surface area is 156 Å². The molecule has 2 aromatic carbocycles. The summed E-state index contributed by atoms with van der Waals surface area (Å²) in [5.74, 6) is -0.271. The Balaban J connectivity index is 1.65. The van der Waals surface area contributed by atoms with Crippen molar-refractivity contribution in [3.63, 3.8) is 0 Å². The first-order valence-corrected chi connectivity index (χ1v) is 9.23. The number of carbonyl (C=O) groups excluding carboxylic acids is 1. The summed E-state index contributed by atoms with van der Waals surface area (Å²) in [7, 11) is 0. The molecular formula is C21H22N2O4. The normalized spacial score (nSPS) is 15.1. The average Bonchev–Trinajstić information content (AvgIpc) is 3.09.